The summed E-state index contributed by atoms with van der Waals surface area (Å²) in [5.41, 5.74) is -0.430. The maximum atomic E-state index is 10.5. The van der Waals surface area contributed by atoms with E-state index in [0.29, 0.717) is 6.04 Å². The van der Waals surface area contributed by atoms with E-state index in [1.54, 1.807) is 0 Å². The van der Waals surface area contributed by atoms with Gasteiger partial charge in [0.05, 0.1) is 5.60 Å². The molecule has 0 bridgehead atoms. The number of aliphatic hydroxyl groups is 1. The lowest BCUT2D eigenvalue weighted by molar-refractivity contribution is 0.0225. The quantitative estimate of drug-likeness (QED) is 0.698. The summed E-state index contributed by atoms with van der Waals surface area (Å²) >= 11 is 0. The second kappa shape index (κ2) is 7.38. The van der Waals surface area contributed by atoms with Gasteiger partial charge in [0, 0.05) is 12.6 Å². The molecule has 2 nitrogen and oxygen atoms in total. The lowest BCUT2D eigenvalue weighted by atomic mass is 9.93. The first-order valence-corrected chi connectivity index (χ1v) is 7.51. The Labute approximate surface area is 107 Å². The first-order valence-electron chi connectivity index (χ1n) is 7.51. The van der Waals surface area contributed by atoms with Gasteiger partial charge in [-0.1, -0.05) is 46.0 Å². The van der Waals surface area contributed by atoms with Gasteiger partial charge in [0.25, 0.3) is 0 Å². The van der Waals surface area contributed by atoms with Crippen LogP contribution in [0.2, 0.25) is 0 Å². The van der Waals surface area contributed by atoms with E-state index in [1.807, 2.05) is 0 Å². The molecular formula is C15H31NO. The molecule has 0 amide bonds. The second-order valence-corrected chi connectivity index (χ2v) is 6.17. The van der Waals surface area contributed by atoms with Crippen molar-refractivity contribution >= 4 is 0 Å². The highest BCUT2D eigenvalue weighted by atomic mass is 16.3. The van der Waals surface area contributed by atoms with Crippen molar-refractivity contribution in [1.29, 1.82) is 0 Å². The van der Waals surface area contributed by atoms with Crippen LogP contribution in [-0.4, -0.2) is 23.3 Å². The fourth-order valence-electron chi connectivity index (χ4n) is 2.78. The largest absolute Gasteiger partial charge is 0.389 e. The van der Waals surface area contributed by atoms with Gasteiger partial charge >= 0.3 is 0 Å². The van der Waals surface area contributed by atoms with Crippen molar-refractivity contribution in [2.75, 3.05) is 6.54 Å². The lowest BCUT2D eigenvalue weighted by Gasteiger charge is -2.29. The van der Waals surface area contributed by atoms with Crippen molar-refractivity contribution in [3.8, 4) is 0 Å². The summed E-state index contributed by atoms with van der Waals surface area (Å²) in [6, 6.07) is 0.525. The highest BCUT2D eigenvalue weighted by Crippen LogP contribution is 2.26. The van der Waals surface area contributed by atoms with E-state index in [-0.39, 0.29) is 0 Å². The maximum absolute atomic E-state index is 10.5. The molecule has 0 aromatic carbocycles. The molecule has 1 aliphatic carbocycles. The van der Waals surface area contributed by atoms with Crippen molar-refractivity contribution in [2.45, 2.75) is 83.8 Å². The van der Waals surface area contributed by atoms with Crippen LogP contribution >= 0.6 is 0 Å². The van der Waals surface area contributed by atoms with Crippen LogP contribution in [0.25, 0.3) is 0 Å². The Balaban J connectivity index is 2.27. The standard InChI is InChI=1S/C15H31NO/c1-4-13(2)11-14(3)16-12-15(17)9-7-5-6-8-10-15/h13-14,16-17H,4-12H2,1-3H3. The minimum Gasteiger partial charge on any atom is -0.389 e. The van der Waals surface area contributed by atoms with Crippen molar-refractivity contribution in [2.24, 2.45) is 5.92 Å². The van der Waals surface area contributed by atoms with Crippen LogP contribution in [0.1, 0.15) is 72.1 Å². The number of rotatable bonds is 6. The van der Waals surface area contributed by atoms with Gasteiger partial charge in [-0.05, 0) is 32.1 Å². The number of hydrogen-bond donors (Lipinski definition) is 2. The third kappa shape index (κ3) is 5.87. The van der Waals surface area contributed by atoms with Gasteiger partial charge in [0.1, 0.15) is 0 Å². The Kier molecular flexibility index (Phi) is 6.50. The van der Waals surface area contributed by atoms with Gasteiger partial charge < -0.3 is 10.4 Å². The van der Waals surface area contributed by atoms with E-state index in [9.17, 15) is 5.11 Å². The van der Waals surface area contributed by atoms with E-state index >= 15 is 0 Å². The molecule has 0 aromatic heterocycles. The zero-order chi connectivity index (χ0) is 12.7. The molecule has 0 heterocycles. The molecule has 1 saturated carbocycles. The molecular weight excluding hydrogens is 210 g/mol. The van der Waals surface area contributed by atoms with Gasteiger partial charge in [-0.2, -0.15) is 0 Å². The van der Waals surface area contributed by atoms with E-state index in [4.69, 9.17) is 0 Å². The highest BCUT2D eigenvalue weighted by Gasteiger charge is 2.27. The second-order valence-electron chi connectivity index (χ2n) is 6.17. The maximum Gasteiger partial charge on any atom is 0.0771 e. The van der Waals surface area contributed by atoms with Crippen LogP contribution in [-0.2, 0) is 0 Å². The fraction of sp³-hybridized carbons (Fsp3) is 1.00. The summed E-state index contributed by atoms with van der Waals surface area (Å²) in [5.74, 6) is 0.779. The first kappa shape index (κ1) is 15.0. The van der Waals surface area contributed by atoms with Crippen LogP contribution in [0, 0.1) is 5.92 Å². The molecule has 2 N–H and O–H groups in total. The van der Waals surface area contributed by atoms with Crippen LogP contribution < -0.4 is 5.32 Å². The smallest absolute Gasteiger partial charge is 0.0771 e. The molecule has 102 valence electrons. The first-order chi connectivity index (χ1) is 8.06. The molecule has 2 atom stereocenters. The van der Waals surface area contributed by atoms with Crippen molar-refractivity contribution < 1.29 is 5.11 Å². The molecule has 17 heavy (non-hydrogen) atoms. The molecule has 2 unspecified atom stereocenters. The molecule has 0 aliphatic heterocycles. The van der Waals surface area contributed by atoms with Crippen LogP contribution in [0.3, 0.4) is 0 Å². The van der Waals surface area contributed by atoms with E-state index in [0.717, 1.165) is 25.3 Å². The summed E-state index contributed by atoms with van der Waals surface area (Å²) in [7, 11) is 0. The highest BCUT2D eigenvalue weighted by molar-refractivity contribution is 4.84. The minimum atomic E-state index is -0.430. The van der Waals surface area contributed by atoms with Crippen LogP contribution in [0.5, 0.6) is 0 Å². The van der Waals surface area contributed by atoms with E-state index < -0.39 is 5.60 Å². The van der Waals surface area contributed by atoms with Gasteiger partial charge in [-0.3, -0.25) is 0 Å². The van der Waals surface area contributed by atoms with Gasteiger partial charge in [0.2, 0.25) is 0 Å². The monoisotopic (exact) mass is 241 g/mol. The molecule has 2 heteroatoms. The zero-order valence-electron chi connectivity index (χ0n) is 12.0. The minimum absolute atomic E-state index is 0.430. The Morgan fingerprint density at radius 1 is 1.12 bits per heavy atom. The summed E-state index contributed by atoms with van der Waals surface area (Å²) in [5, 5.41) is 14.1. The normalized spacial score (nSPS) is 24.0. The fourth-order valence-corrected chi connectivity index (χ4v) is 2.78. The zero-order valence-corrected chi connectivity index (χ0v) is 12.0. The third-order valence-corrected chi connectivity index (χ3v) is 4.27. The number of nitrogens with one attached hydrogen (secondary N) is 1. The van der Waals surface area contributed by atoms with Gasteiger partial charge in [-0.25, -0.2) is 0 Å². The van der Waals surface area contributed by atoms with Crippen molar-refractivity contribution in [3.05, 3.63) is 0 Å². The Morgan fingerprint density at radius 2 is 1.71 bits per heavy atom. The van der Waals surface area contributed by atoms with E-state index in [1.165, 1.54) is 38.5 Å². The van der Waals surface area contributed by atoms with Gasteiger partial charge in [0.15, 0.2) is 0 Å². The molecule has 0 spiro atoms. The lowest BCUT2D eigenvalue weighted by Crippen LogP contribution is -2.43. The molecule has 1 fully saturated rings. The Bertz CT molecular complexity index is 197. The number of hydrogen-bond acceptors (Lipinski definition) is 2. The van der Waals surface area contributed by atoms with E-state index in [2.05, 4.69) is 26.1 Å². The molecule has 1 rings (SSSR count). The Morgan fingerprint density at radius 3 is 2.24 bits per heavy atom. The third-order valence-electron chi connectivity index (χ3n) is 4.27. The average Bonchev–Trinajstić information content (AvgIpc) is 2.52. The van der Waals surface area contributed by atoms with Crippen molar-refractivity contribution in [3.63, 3.8) is 0 Å². The molecule has 0 radical (unpaired) electrons. The summed E-state index contributed by atoms with van der Waals surface area (Å²) in [6.45, 7) is 7.57. The van der Waals surface area contributed by atoms with Crippen LogP contribution in [0.4, 0.5) is 0 Å². The molecule has 0 saturated heterocycles. The average molecular weight is 241 g/mol. The van der Waals surface area contributed by atoms with Gasteiger partial charge in [-0.15, -0.1) is 0 Å². The molecule has 0 aromatic rings. The summed E-state index contributed by atoms with van der Waals surface area (Å²) in [4.78, 5) is 0. The predicted octanol–water partition coefficient (Wildman–Crippen LogP) is 3.49. The molecule has 1 aliphatic rings. The Hall–Kier alpha value is -0.0800. The predicted molar refractivity (Wildman–Crippen MR) is 74.2 cm³/mol. The summed E-state index contributed by atoms with van der Waals surface area (Å²) in [6.07, 6.45) is 9.40. The van der Waals surface area contributed by atoms with Crippen molar-refractivity contribution in [1.82, 2.24) is 5.32 Å². The summed E-state index contributed by atoms with van der Waals surface area (Å²) < 4.78 is 0. The SMILES string of the molecule is CCC(C)CC(C)NCC1(O)CCCCCC1. The van der Waals surface area contributed by atoms with Crippen LogP contribution in [0.15, 0.2) is 0 Å². The topological polar surface area (TPSA) is 32.3 Å².